The van der Waals surface area contributed by atoms with E-state index in [-0.39, 0.29) is 17.7 Å². The first-order valence-corrected chi connectivity index (χ1v) is 10.5. The Bertz CT molecular complexity index is 732. The molecular formula is C18H26N2O3S. The van der Waals surface area contributed by atoms with E-state index in [0.29, 0.717) is 25.8 Å². The number of amides is 1. The summed E-state index contributed by atoms with van der Waals surface area (Å²) < 4.78 is 27.3. The lowest BCUT2D eigenvalue weighted by Gasteiger charge is -2.33. The van der Waals surface area contributed by atoms with Crippen molar-refractivity contribution in [2.45, 2.75) is 57.4 Å². The summed E-state index contributed by atoms with van der Waals surface area (Å²) in [6.07, 6.45) is 3.62. The zero-order valence-electron chi connectivity index (χ0n) is 14.4. The van der Waals surface area contributed by atoms with Gasteiger partial charge in [-0.3, -0.25) is 4.79 Å². The number of para-hydroxylation sites is 1. The minimum Gasteiger partial charge on any atom is -0.325 e. The van der Waals surface area contributed by atoms with Gasteiger partial charge in [0.2, 0.25) is 15.9 Å². The maximum absolute atomic E-state index is 12.9. The molecule has 1 saturated heterocycles. The lowest BCUT2D eigenvalue weighted by atomic mass is 9.74. The van der Waals surface area contributed by atoms with Gasteiger partial charge >= 0.3 is 0 Å². The summed E-state index contributed by atoms with van der Waals surface area (Å²) in [5, 5.41) is 2.97. The van der Waals surface area contributed by atoms with E-state index in [1.807, 2.05) is 38.1 Å². The van der Waals surface area contributed by atoms with Gasteiger partial charge < -0.3 is 5.32 Å². The van der Waals surface area contributed by atoms with Crippen LogP contribution in [-0.2, 0) is 20.2 Å². The van der Waals surface area contributed by atoms with Crippen LogP contribution < -0.4 is 5.32 Å². The van der Waals surface area contributed by atoms with Crippen molar-refractivity contribution in [1.82, 2.24) is 4.31 Å². The average molecular weight is 350 g/mol. The zero-order chi connectivity index (χ0) is 17.4. The molecule has 0 radical (unpaired) electrons. The number of carbonyl (C=O) groups is 1. The van der Waals surface area contributed by atoms with E-state index < -0.39 is 15.4 Å². The summed E-state index contributed by atoms with van der Waals surface area (Å²) in [7, 11) is -3.33. The van der Waals surface area contributed by atoms with Crippen LogP contribution in [0.3, 0.4) is 0 Å². The Hall–Kier alpha value is -1.40. The van der Waals surface area contributed by atoms with Crippen LogP contribution in [0, 0.1) is 0 Å². The summed E-state index contributed by atoms with van der Waals surface area (Å²) in [6, 6.07) is 7.42. The van der Waals surface area contributed by atoms with Gasteiger partial charge in [0.05, 0.1) is 11.2 Å². The molecule has 2 heterocycles. The highest BCUT2D eigenvalue weighted by atomic mass is 32.2. The number of rotatable bonds is 6. The highest BCUT2D eigenvalue weighted by Crippen LogP contribution is 2.50. The first-order valence-electron chi connectivity index (χ1n) is 8.88. The highest BCUT2D eigenvalue weighted by molar-refractivity contribution is 7.89. The van der Waals surface area contributed by atoms with Crippen molar-refractivity contribution in [3.8, 4) is 0 Å². The second kappa shape index (κ2) is 6.48. The molecule has 0 bridgehead atoms. The molecule has 1 amide bonds. The maximum Gasteiger partial charge on any atom is 0.236 e. The Labute approximate surface area is 144 Å². The minimum absolute atomic E-state index is 0.0460. The average Bonchev–Trinajstić information content (AvgIpc) is 3.07. The van der Waals surface area contributed by atoms with Gasteiger partial charge in [0.15, 0.2) is 0 Å². The van der Waals surface area contributed by atoms with E-state index in [1.54, 1.807) is 4.31 Å². The number of benzene rings is 1. The molecule has 1 aromatic carbocycles. The Morgan fingerprint density at radius 1 is 1.25 bits per heavy atom. The normalized spacial score (nSPS) is 26.8. The van der Waals surface area contributed by atoms with E-state index in [1.165, 1.54) is 0 Å². The van der Waals surface area contributed by atoms with Crippen LogP contribution in [0.15, 0.2) is 24.3 Å². The van der Waals surface area contributed by atoms with Gasteiger partial charge in [-0.15, -0.1) is 0 Å². The SMILES string of the molecule is CCCCS(=O)(=O)N1CC[C@]2(C(=O)Nc3ccccc32)[C@@H]1CCC. The molecular weight excluding hydrogens is 324 g/mol. The number of sulfonamides is 1. The van der Waals surface area contributed by atoms with Crippen molar-refractivity contribution in [1.29, 1.82) is 0 Å². The Kier molecular flexibility index (Phi) is 4.71. The van der Waals surface area contributed by atoms with Crippen LogP contribution in [0.25, 0.3) is 0 Å². The number of unbranched alkanes of at least 4 members (excludes halogenated alkanes) is 1. The second-order valence-electron chi connectivity index (χ2n) is 6.81. The minimum atomic E-state index is -3.33. The number of fused-ring (bicyclic) bond motifs is 2. The van der Waals surface area contributed by atoms with Gasteiger partial charge in [-0.05, 0) is 30.9 Å². The molecule has 132 valence electrons. The fraction of sp³-hybridized carbons (Fsp3) is 0.611. The van der Waals surface area contributed by atoms with E-state index >= 15 is 0 Å². The molecule has 5 nitrogen and oxygen atoms in total. The lowest BCUT2D eigenvalue weighted by Crippen LogP contribution is -2.49. The van der Waals surface area contributed by atoms with E-state index in [2.05, 4.69) is 5.32 Å². The van der Waals surface area contributed by atoms with Gasteiger partial charge in [-0.2, -0.15) is 4.31 Å². The summed E-state index contributed by atoms with van der Waals surface area (Å²) in [4.78, 5) is 12.9. The molecule has 0 saturated carbocycles. The maximum atomic E-state index is 12.9. The van der Waals surface area contributed by atoms with Gasteiger partial charge in [-0.1, -0.05) is 44.9 Å². The number of anilines is 1. The van der Waals surface area contributed by atoms with Crippen LogP contribution in [0.2, 0.25) is 0 Å². The molecule has 0 unspecified atom stereocenters. The first kappa shape index (κ1) is 17.4. The summed E-state index contributed by atoms with van der Waals surface area (Å²) in [5.41, 5.74) is 1.06. The molecule has 1 fully saturated rings. The van der Waals surface area contributed by atoms with E-state index in [9.17, 15) is 13.2 Å². The Balaban J connectivity index is 2.03. The third kappa shape index (κ3) is 2.56. The van der Waals surface area contributed by atoms with Crippen molar-refractivity contribution in [2.75, 3.05) is 17.6 Å². The van der Waals surface area contributed by atoms with Gasteiger partial charge in [0.25, 0.3) is 0 Å². The molecule has 2 aliphatic rings. The molecule has 24 heavy (non-hydrogen) atoms. The lowest BCUT2D eigenvalue weighted by molar-refractivity contribution is -0.121. The molecule has 1 N–H and O–H groups in total. The second-order valence-corrected chi connectivity index (χ2v) is 8.85. The van der Waals surface area contributed by atoms with Crippen molar-refractivity contribution in [3.05, 3.63) is 29.8 Å². The van der Waals surface area contributed by atoms with Crippen LogP contribution in [0.5, 0.6) is 0 Å². The van der Waals surface area contributed by atoms with Gasteiger partial charge in [0.1, 0.15) is 0 Å². The predicted octanol–water partition coefficient (Wildman–Crippen LogP) is 2.88. The van der Waals surface area contributed by atoms with Crippen LogP contribution in [0.4, 0.5) is 5.69 Å². The third-order valence-corrected chi connectivity index (χ3v) is 7.34. The Morgan fingerprint density at radius 2 is 2.00 bits per heavy atom. The third-order valence-electron chi connectivity index (χ3n) is 5.38. The number of carbonyl (C=O) groups excluding carboxylic acids is 1. The topological polar surface area (TPSA) is 66.5 Å². The number of nitrogens with zero attached hydrogens (tertiary/aromatic N) is 1. The predicted molar refractivity (Wildman–Crippen MR) is 95.5 cm³/mol. The highest BCUT2D eigenvalue weighted by Gasteiger charge is 2.59. The van der Waals surface area contributed by atoms with Gasteiger partial charge in [0, 0.05) is 18.3 Å². The zero-order valence-corrected chi connectivity index (χ0v) is 15.2. The molecule has 2 aliphatic heterocycles. The fourth-order valence-electron chi connectivity index (χ4n) is 4.21. The summed E-state index contributed by atoms with van der Waals surface area (Å²) >= 11 is 0. The molecule has 0 aliphatic carbocycles. The molecule has 1 aromatic rings. The number of hydrogen-bond acceptors (Lipinski definition) is 3. The molecule has 0 aromatic heterocycles. The standard InChI is InChI=1S/C18H26N2O3S/c1-3-5-13-24(22,23)20-12-11-18(16(20)8-4-2)14-9-6-7-10-15(14)19-17(18)21/h6-7,9-10,16H,3-5,8,11-13H2,1-2H3,(H,19,21)/t16-,18+/m0/s1. The van der Waals surface area contributed by atoms with Crippen molar-refractivity contribution < 1.29 is 13.2 Å². The monoisotopic (exact) mass is 350 g/mol. The largest absolute Gasteiger partial charge is 0.325 e. The molecule has 6 heteroatoms. The molecule has 1 spiro atoms. The molecule has 2 atom stereocenters. The van der Waals surface area contributed by atoms with Crippen LogP contribution in [-0.4, -0.2) is 37.0 Å². The number of nitrogens with one attached hydrogen (secondary N) is 1. The smallest absolute Gasteiger partial charge is 0.236 e. The van der Waals surface area contributed by atoms with Crippen molar-refractivity contribution >= 4 is 21.6 Å². The number of hydrogen-bond donors (Lipinski definition) is 1. The van der Waals surface area contributed by atoms with Crippen molar-refractivity contribution in [3.63, 3.8) is 0 Å². The first-order chi connectivity index (χ1) is 11.5. The van der Waals surface area contributed by atoms with Crippen LogP contribution in [0.1, 0.15) is 51.5 Å². The molecule has 3 rings (SSSR count). The van der Waals surface area contributed by atoms with E-state index in [4.69, 9.17) is 0 Å². The van der Waals surface area contributed by atoms with Crippen LogP contribution >= 0.6 is 0 Å². The van der Waals surface area contributed by atoms with E-state index in [0.717, 1.165) is 24.1 Å². The summed E-state index contributed by atoms with van der Waals surface area (Å²) in [6.45, 7) is 4.46. The van der Waals surface area contributed by atoms with Gasteiger partial charge in [-0.25, -0.2) is 8.42 Å². The van der Waals surface area contributed by atoms with Crippen molar-refractivity contribution in [2.24, 2.45) is 0 Å². The quantitative estimate of drug-likeness (QED) is 0.858. The summed E-state index contributed by atoms with van der Waals surface area (Å²) in [5.74, 6) is 0.124. The Morgan fingerprint density at radius 3 is 2.71 bits per heavy atom. The fourth-order valence-corrected chi connectivity index (χ4v) is 6.14.